The number of hydrogen-bond donors (Lipinski definition) is 2. The van der Waals surface area contributed by atoms with E-state index < -0.39 is 35.2 Å². The van der Waals surface area contributed by atoms with Gasteiger partial charge in [0.1, 0.15) is 17.2 Å². The maximum absolute atomic E-state index is 11.9. The van der Waals surface area contributed by atoms with E-state index in [9.17, 15) is 14.4 Å². The number of hydrogen-bond acceptors (Lipinski definition) is 5. The third kappa shape index (κ3) is 9.18. The van der Waals surface area contributed by atoms with Crippen LogP contribution in [0.2, 0.25) is 0 Å². The third-order valence-electron chi connectivity index (χ3n) is 1.79. The summed E-state index contributed by atoms with van der Waals surface area (Å²) < 4.78 is 10.1. The first-order valence-corrected chi connectivity index (χ1v) is 6.31. The van der Waals surface area contributed by atoms with E-state index in [1.54, 1.807) is 41.5 Å². The van der Waals surface area contributed by atoms with Crippen LogP contribution in [0.25, 0.3) is 0 Å². The lowest BCUT2D eigenvalue weighted by atomic mass is 10.1. The molecule has 20 heavy (non-hydrogen) atoms. The zero-order valence-corrected chi connectivity index (χ0v) is 12.9. The molecular formula is C13H24N2O5. The Labute approximate surface area is 119 Å². The van der Waals surface area contributed by atoms with Crippen LogP contribution in [0, 0.1) is 0 Å². The van der Waals surface area contributed by atoms with Gasteiger partial charge in [-0.3, -0.25) is 4.79 Å². The topological polar surface area (TPSA) is 108 Å². The van der Waals surface area contributed by atoms with Crippen LogP contribution in [0.1, 0.15) is 48.0 Å². The van der Waals surface area contributed by atoms with Crippen molar-refractivity contribution in [2.24, 2.45) is 5.73 Å². The monoisotopic (exact) mass is 288 g/mol. The van der Waals surface area contributed by atoms with Crippen LogP contribution in [-0.4, -0.2) is 35.2 Å². The van der Waals surface area contributed by atoms with Gasteiger partial charge in [-0.05, 0) is 41.5 Å². The molecule has 3 N–H and O–H groups in total. The Bertz CT molecular complexity index is 379. The summed E-state index contributed by atoms with van der Waals surface area (Å²) in [6, 6.07) is -1.17. The van der Waals surface area contributed by atoms with Gasteiger partial charge in [-0.25, -0.2) is 9.59 Å². The van der Waals surface area contributed by atoms with Crippen molar-refractivity contribution >= 4 is 18.0 Å². The normalized spacial score (nSPS) is 13.3. The molecule has 0 aliphatic rings. The number of nitrogens with one attached hydrogen (secondary N) is 1. The lowest BCUT2D eigenvalue weighted by Gasteiger charge is -2.25. The van der Waals surface area contributed by atoms with Crippen molar-refractivity contribution in [3.05, 3.63) is 0 Å². The summed E-state index contributed by atoms with van der Waals surface area (Å²) in [7, 11) is 0. The largest absolute Gasteiger partial charge is 0.458 e. The molecule has 0 radical (unpaired) electrons. The van der Waals surface area contributed by atoms with Crippen LogP contribution in [0.3, 0.4) is 0 Å². The van der Waals surface area contributed by atoms with Gasteiger partial charge >= 0.3 is 12.1 Å². The highest BCUT2D eigenvalue weighted by molar-refractivity contribution is 5.87. The van der Waals surface area contributed by atoms with Crippen molar-refractivity contribution in [2.75, 3.05) is 0 Å². The Morgan fingerprint density at radius 1 is 1.00 bits per heavy atom. The highest BCUT2D eigenvalue weighted by Gasteiger charge is 2.29. The van der Waals surface area contributed by atoms with E-state index in [0.717, 1.165) is 0 Å². The summed E-state index contributed by atoms with van der Waals surface area (Å²) in [6.07, 6.45) is -1.16. The summed E-state index contributed by atoms with van der Waals surface area (Å²) >= 11 is 0. The molecule has 0 saturated carbocycles. The molecule has 0 spiro atoms. The van der Waals surface area contributed by atoms with Crippen LogP contribution >= 0.6 is 0 Å². The molecule has 0 bridgehead atoms. The second-order valence-electron chi connectivity index (χ2n) is 6.40. The van der Waals surface area contributed by atoms with Crippen LogP contribution in [0.15, 0.2) is 0 Å². The first-order valence-electron chi connectivity index (χ1n) is 6.31. The fourth-order valence-corrected chi connectivity index (χ4v) is 1.22. The number of primary amides is 1. The van der Waals surface area contributed by atoms with Gasteiger partial charge in [-0.2, -0.15) is 0 Å². The molecule has 2 amide bonds. The number of alkyl carbamates (subject to hydrolysis) is 1. The quantitative estimate of drug-likeness (QED) is 0.753. The standard InChI is InChI=1S/C13H24N2O5/c1-12(2,3)19-10(17)8(7-9(14)16)15-11(18)20-13(4,5)6/h8H,7H2,1-6H3,(H2,14,16)(H,15,18)/t8-/m0/s1. The first-order chi connectivity index (χ1) is 8.80. The molecule has 0 saturated heterocycles. The van der Waals surface area contributed by atoms with Gasteiger partial charge in [-0.15, -0.1) is 0 Å². The van der Waals surface area contributed by atoms with Crippen LogP contribution in [-0.2, 0) is 19.1 Å². The maximum Gasteiger partial charge on any atom is 0.408 e. The predicted octanol–water partition coefficient (Wildman–Crippen LogP) is 1.10. The van der Waals surface area contributed by atoms with Crippen molar-refractivity contribution in [1.82, 2.24) is 5.32 Å². The van der Waals surface area contributed by atoms with Crippen molar-refractivity contribution in [3.8, 4) is 0 Å². The van der Waals surface area contributed by atoms with E-state index in [4.69, 9.17) is 15.2 Å². The number of rotatable bonds is 4. The summed E-state index contributed by atoms with van der Waals surface area (Å²) in [6.45, 7) is 10.1. The molecule has 116 valence electrons. The molecule has 0 aromatic rings. The van der Waals surface area contributed by atoms with E-state index >= 15 is 0 Å². The van der Waals surface area contributed by atoms with Gasteiger partial charge in [0.25, 0.3) is 0 Å². The molecule has 0 aromatic heterocycles. The molecule has 0 aliphatic heterocycles. The lowest BCUT2D eigenvalue weighted by molar-refractivity contribution is -0.158. The van der Waals surface area contributed by atoms with Crippen molar-refractivity contribution in [2.45, 2.75) is 65.2 Å². The molecule has 0 aliphatic carbocycles. The molecular weight excluding hydrogens is 264 g/mol. The predicted molar refractivity (Wildman–Crippen MR) is 72.8 cm³/mol. The van der Waals surface area contributed by atoms with E-state index in [0.29, 0.717) is 0 Å². The van der Waals surface area contributed by atoms with Gasteiger partial charge in [-0.1, -0.05) is 0 Å². The molecule has 0 aromatic carbocycles. The molecule has 1 atom stereocenters. The van der Waals surface area contributed by atoms with Gasteiger partial charge < -0.3 is 20.5 Å². The Morgan fingerprint density at radius 2 is 1.45 bits per heavy atom. The minimum absolute atomic E-state index is 0.353. The highest BCUT2D eigenvalue weighted by atomic mass is 16.6. The summed E-state index contributed by atoms with van der Waals surface area (Å²) in [5, 5.41) is 2.29. The van der Waals surface area contributed by atoms with Crippen molar-refractivity contribution in [3.63, 3.8) is 0 Å². The fourth-order valence-electron chi connectivity index (χ4n) is 1.22. The average Bonchev–Trinajstić information content (AvgIpc) is 2.09. The lowest BCUT2D eigenvalue weighted by Crippen LogP contribution is -2.47. The molecule has 0 fully saturated rings. The Morgan fingerprint density at radius 3 is 1.80 bits per heavy atom. The zero-order chi connectivity index (χ0) is 16.1. The van der Waals surface area contributed by atoms with E-state index in [-0.39, 0.29) is 6.42 Å². The number of esters is 1. The average molecular weight is 288 g/mol. The Kier molecular flexibility index (Phi) is 5.99. The number of nitrogens with two attached hydrogens (primary N) is 1. The minimum Gasteiger partial charge on any atom is -0.458 e. The van der Waals surface area contributed by atoms with E-state index in [1.165, 1.54) is 0 Å². The Hall–Kier alpha value is -1.79. The first kappa shape index (κ1) is 18.2. The minimum atomic E-state index is -1.17. The maximum atomic E-state index is 11.9. The van der Waals surface area contributed by atoms with Crippen molar-refractivity contribution < 1.29 is 23.9 Å². The van der Waals surface area contributed by atoms with Gasteiger partial charge in [0, 0.05) is 0 Å². The molecule has 0 unspecified atom stereocenters. The molecule has 0 heterocycles. The van der Waals surface area contributed by atoms with Gasteiger partial charge in [0.05, 0.1) is 6.42 Å². The van der Waals surface area contributed by atoms with Crippen molar-refractivity contribution in [1.29, 1.82) is 0 Å². The number of carbonyl (C=O) groups excluding carboxylic acids is 3. The second kappa shape index (κ2) is 6.58. The smallest absolute Gasteiger partial charge is 0.408 e. The molecule has 7 nitrogen and oxygen atoms in total. The number of ether oxygens (including phenoxy) is 2. The molecule has 7 heteroatoms. The van der Waals surface area contributed by atoms with E-state index in [1.807, 2.05) is 0 Å². The number of carbonyl (C=O) groups is 3. The molecule has 0 rings (SSSR count). The summed E-state index contributed by atoms with van der Waals surface area (Å²) in [5.74, 6) is -1.46. The highest BCUT2D eigenvalue weighted by Crippen LogP contribution is 2.11. The van der Waals surface area contributed by atoms with Gasteiger partial charge in [0.15, 0.2) is 0 Å². The third-order valence-corrected chi connectivity index (χ3v) is 1.79. The SMILES string of the molecule is CC(C)(C)OC(=O)N[C@@H](CC(N)=O)C(=O)OC(C)(C)C. The van der Waals surface area contributed by atoms with E-state index in [2.05, 4.69) is 5.32 Å². The zero-order valence-electron chi connectivity index (χ0n) is 12.9. The summed E-state index contributed by atoms with van der Waals surface area (Å²) in [5.41, 5.74) is 3.61. The van der Waals surface area contributed by atoms with Crippen LogP contribution < -0.4 is 11.1 Å². The fraction of sp³-hybridized carbons (Fsp3) is 0.769. The van der Waals surface area contributed by atoms with Crippen LogP contribution in [0.5, 0.6) is 0 Å². The summed E-state index contributed by atoms with van der Waals surface area (Å²) in [4.78, 5) is 34.5. The number of amides is 2. The van der Waals surface area contributed by atoms with Gasteiger partial charge in [0.2, 0.25) is 5.91 Å². The Balaban J connectivity index is 4.77. The van der Waals surface area contributed by atoms with Crippen LogP contribution in [0.4, 0.5) is 4.79 Å². The second-order valence-corrected chi connectivity index (χ2v) is 6.40.